The molecular formula is C9H14ClN3O2S. The zero-order valence-corrected chi connectivity index (χ0v) is 10.6. The fraction of sp³-hybridized carbons (Fsp3) is 0.444. The van der Waals surface area contributed by atoms with Crippen molar-refractivity contribution in [3.8, 4) is 0 Å². The first kappa shape index (κ1) is 13.1. The van der Waals surface area contributed by atoms with E-state index in [2.05, 4.69) is 10.3 Å². The number of nitrogens with two attached hydrogens (primary N) is 1. The van der Waals surface area contributed by atoms with Crippen molar-refractivity contribution in [1.82, 2.24) is 4.98 Å². The highest BCUT2D eigenvalue weighted by Crippen LogP contribution is 2.16. The smallest absolute Gasteiger partial charge is 0.149 e. The first-order chi connectivity index (χ1) is 7.26. The van der Waals surface area contributed by atoms with Crippen LogP contribution in [0.5, 0.6) is 0 Å². The number of anilines is 2. The summed E-state index contributed by atoms with van der Waals surface area (Å²) in [7, 11) is -3.02. The van der Waals surface area contributed by atoms with Crippen LogP contribution in [-0.4, -0.2) is 31.5 Å². The number of aromatic nitrogens is 1. The molecule has 1 rings (SSSR count). The highest BCUT2D eigenvalue weighted by Gasteiger charge is 2.11. The quantitative estimate of drug-likeness (QED) is 0.797. The maximum absolute atomic E-state index is 11.1. The Bertz CT molecular complexity index is 455. The minimum atomic E-state index is -3.02. The van der Waals surface area contributed by atoms with Gasteiger partial charge in [0.2, 0.25) is 0 Å². The molecule has 0 aliphatic heterocycles. The molecule has 90 valence electrons. The molecule has 5 nitrogen and oxygen atoms in total. The van der Waals surface area contributed by atoms with Crippen LogP contribution in [0.1, 0.15) is 6.92 Å². The van der Waals surface area contributed by atoms with Crippen molar-refractivity contribution in [2.75, 3.05) is 23.1 Å². The van der Waals surface area contributed by atoms with E-state index in [0.717, 1.165) is 0 Å². The van der Waals surface area contributed by atoms with Gasteiger partial charge in [-0.25, -0.2) is 13.4 Å². The van der Waals surface area contributed by atoms with Crippen LogP contribution in [0.15, 0.2) is 12.1 Å². The van der Waals surface area contributed by atoms with Crippen LogP contribution < -0.4 is 11.1 Å². The van der Waals surface area contributed by atoms with Gasteiger partial charge in [-0.05, 0) is 13.0 Å². The summed E-state index contributed by atoms with van der Waals surface area (Å²) in [6.45, 7) is 1.75. The molecule has 0 saturated carbocycles. The molecule has 0 fully saturated rings. The Morgan fingerprint density at radius 2 is 2.19 bits per heavy atom. The number of nitrogens with zero attached hydrogens (tertiary/aromatic N) is 1. The molecule has 1 atom stereocenters. The van der Waals surface area contributed by atoms with Crippen molar-refractivity contribution in [1.29, 1.82) is 0 Å². The topological polar surface area (TPSA) is 85.1 Å². The summed E-state index contributed by atoms with van der Waals surface area (Å²) in [4.78, 5) is 3.98. The van der Waals surface area contributed by atoms with E-state index in [4.69, 9.17) is 17.3 Å². The molecule has 3 N–H and O–H groups in total. The van der Waals surface area contributed by atoms with Gasteiger partial charge in [0.1, 0.15) is 20.8 Å². The molecule has 1 aromatic heterocycles. The fourth-order valence-electron chi connectivity index (χ4n) is 1.34. The van der Waals surface area contributed by atoms with Gasteiger partial charge in [-0.1, -0.05) is 11.6 Å². The van der Waals surface area contributed by atoms with Gasteiger partial charge >= 0.3 is 0 Å². The highest BCUT2D eigenvalue weighted by atomic mass is 35.5. The van der Waals surface area contributed by atoms with Gasteiger partial charge in [-0.15, -0.1) is 0 Å². The minimum Gasteiger partial charge on any atom is -0.399 e. The summed E-state index contributed by atoms with van der Waals surface area (Å²) in [5.74, 6) is 0.502. The van der Waals surface area contributed by atoms with Crippen molar-refractivity contribution < 1.29 is 8.42 Å². The third-order valence-corrected chi connectivity index (χ3v) is 3.06. The van der Waals surface area contributed by atoms with Crippen molar-refractivity contribution in [3.63, 3.8) is 0 Å². The second kappa shape index (κ2) is 4.88. The van der Waals surface area contributed by atoms with E-state index in [0.29, 0.717) is 11.5 Å². The van der Waals surface area contributed by atoms with E-state index in [1.807, 2.05) is 0 Å². The van der Waals surface area contributed by atoms with Crippen molar-refractivity contribution in [2.45, 2.75) is 13.0 Å². The van der Waals surface area contributed by atoms with Crippen LogP contribution in [0.4, 0.5) is 11.5 Å². The third-order valence-electron chi connectivity index (χ3n) is 1.76. The molecule has 1 heterocycles. The van der Waals surface area contributed by atoms with Crippen LogP contribution in [-0.2, 0) is 9.84 Å². The van der Waals surface area contributed by atoms with E-state index < -0.39 is 9.84 Å². The molecule has 16 heavy (non-hydrogen) atoms. The molecule has 0 saturated heterocycles. The normalized spacial score (nSPS) is 13.4. The van der Waals surface area contributed by atoms with Gasteiger partial charge in [-0.2, -0.15) is 0 Å². The molecular weight excluding hydrogens is 250 g/mol. The lowest BCUT2D eigenvalue weighted by Gasteiger charge is -2.13. The average molecular weight is 264 g/mol. The van der Waals surface area contributed by atoms with Crippen LogP contribution >= 0.6 is 11.6 Å². The SMILES string of the molecule is CC(CS(C)(=O)=O)Nc1cc(N)cc(Cl)n1. The van der Waals surface area contributed by atoms with Gasteiger partial charge in [0, 0.05) is 24.1 Å². The van der Waals surface area contributed by atoms with Gasteiger partial charge in [0.05, 0.1) is 5.75 Å². The lowest BCUT2D eigenvalue weighted by atomic mass is 10.3. The van der Waals surface area contributed by atoms with Crippen molar-refractivity contribution in [3.05, 3.63) is 17.3 Å². The Labute approximate surface area is 99.9 Å². The number of rotatable bonds is 4. The first-order valence-corrected chi connectivity index (χ1v) is 7.07. The van der Waals surface area contributed by atoms with Crippen LogP contribution in [0.25, 0.3) is 0 Å². The molecule has 7 heteroatoms. The number of hydrogen-bond acceptors (Lipinski definition) is 5. The lowest BCUT2D eigenvalue weighted by Crippen LogP contribution is -2.25. The fourth-order valence-corrected chi connectivity index (χ4v) is 2.55. The van der Waals surface area contributed by atoms with Gasteiger partial charge < -0.3 is 11.1 Å². The molecule has 0 aromatic carbocycles. The monoisotopic (exact) mass is 263 g/mol. The number of nitrogen functional groups attached to an aromatic ring is 1. The Morgan fingerprint density at radius 3 is 2.69 bits per heavy atom. The molecule has 0 spiro atoms. The van der Waals surface area contributed by atoms with E-state index in [1.165, 1.54) is 12.3 Å². The van der Waals surface area contributed by atoms with Crippen LogP contribution in [0.3, 0.4) is 0 Å². The third kappa shape index (κ3) is 4.67. The summed E-state index contributed by atoms with van der Waals surface area (Å²) < 4.78 is 22.1. The second-order valence-corrected chi connectivity index (χ2v) is 6.32. The molecule has 0 aliphatic rings. The summed E-state index contributed by atoms with van der Waals surface area (Å²) in [5.41, 5.74) is 6.06. The van der Waals surface area contributed by atoms with Gasteiger partial charge in [0.15, 0.2) is 0 Å². The maximum Gasteiger partial charge on any atom is 0.149 e. The lowest BCUT2D eigenvalue weighted by molar-refractivity contribution is 0.598. The Kier molecular flexibility index (Phi) is 3.98. The maximum atomic E-state index is 11.1. The number of halogens is 1. The zero-order chi connectivity index (χ0) is 12.3. The number of sulfone groups is 1. The van der Waals surface area contributed by atoms with E-state index in [-0.39, 0.29) is 16.9 Å². The zero-order valence-electron chi connectivity index (χ0n) is 9.07. The number of pyridine rings is 1. The summed E-state index contributed by atoms with van der Waals surface area (Å²) >= 11 is 5.72. The second-order valence-electron chi connectivity index (χ2n) is 3.75. The van der Waals surface area contributed by atoms with E-state index >= 15 is 0 Å². The predicted molar refractivity (Wildman–Crippen MR) is 66.5 cm³/mol. The average Bonchev–Trinajstić information content (AvgIpc) is 1.96. The molecule has 1 unspecified atom stereocenters. The molecule has 0 amide bonds. The largest absolute Gasteiger partial charge is 0.399 e. The minimum absolute atomic E-state index is 0.0289. The van der Waals surface area contributed by atoms with Gasteiger partial charge in [-0.3, -0.25) is 0 Å². The molecule has 1 aromatic rings. The van der Waals surface area contributed by atoms with E-state index in [1.54, 1.807) is 13.0 Å². The van der Waals surface area contributed by atoms with Crippen LogP contribution in [0, 0.1) is 0 Å². The molecule has 0 aliphatic carbocycles. The first-order valence-electron chi connectivity index (χ1n) is 4.63. The predicted octanol–water partition coefficient (Wildman–Crippen LogP) is 1.16. The van der Waals surface area contributed by atoms with Crippen LogP contribution in [0.2, 0.25) is 5.15 Å². The molecule has 0 bridgehead atoms. The highest BCUT2D eigenvalue weighted by molar-refractivity contribution is 7.90. The van der Waals surface area contributed by atoms with E-state index in [9.17, 15) is 8.42 Å². The Hall–Kier alpha value is -1.01. The number of hydrogen-bond donors (Lipinski definition) is 2. The molecule has 0 radical (unpaired) electrons. The van der Waals surface area contributed by atoms with Crippen molar-refractivity contribution in [2.24, 2.45) is 0 Å². The number of nitrogens with one attached hydrogen (secondary N) is 1. The standard InChI is InChI=1S/C9H14ClN3O2S/c1-6(5-16(2,14)15)12-9-4-7(11)3-8(10)13-9/h3-4,6H,5H2,1-2H3,(H3,11,12,13). The Balaban J connectivity index is 2.73. The Morgan fingerprint density at radius 1 is 1.56 bits per heavy atom. The van der Waals surface area contributed by atoms with Crippen molar-refractivity contribution >= 4 is 32.9 Å². The van der Waals surface area contributed by atoms with Gasteiger partial charge in [0.25, 0.3) is 0 Å². The summed E-state index contributed by atoms with van der Waals surface area (Å²) in [6.07, 6.45) is 1.19. The summed E-state index contributed by atoms with van der Waals surface area (Å²) in [6, 6.07) is 2.87. The summed E-state index contributed by atoms with van der Waals surface area (Å²) in [5, 5.41) is 3.20.